The van der Waals surface area contributed by atoms with E-state index in [9.17, 15) is 4.79 Å². The van der Waals surface area contributed by atoms with Gasteiger partial charge in [-0.05, 0) is 37.5 Å². The second kappa shape index (κ2) is 5.35. The molecule has 4 heteroatoms. The third kappa shape index (κ3) is 4.08. The molecule has 2 rings (SSSR count). The summed E-state index contributed by atoms with van der Waals surface area (Å²) in [6.45, 7) is 3.26. The van der Waals surface area contributed by atoms with E-state index in [4.69, 9.17) is 4.74 Å². The first kappa shape index (κ1) is 10.7. The van der Waals surface area contributed by atoms with Crippen molar-refractivity contribution in [2.75, 3.05) is 26.3 Å². The molecule has 1 aliphatic carbocycles. The van der Waals surface area contributed by atoms with Crippen molar-refractivity contribution in [2.24, 2.45) is 11.8 Å². The molecule has 0 aromatic rings. The first-order chi connectivity index (χ1) is 7.34. The number of urea groups is 1. The van der Waals surface area contributed by atoms with E-state index in [1.54, 1.807) is 0 Å². The molecule has 0 aromatic heterocycles. The summed E-state index contributed by atoms with van der Waals surface area (Å²) in [6.07, 6.45) is 4.84. The van der Waals surface area contributed by atoms with E-state index in [1.807, 2.05) is 0 Å². The first-order valence-corrected chi connectivity index (χ1v) is 5.94. The number of carbonyl (C=O) groups excluding carboxylic acids is 1. The molecule has 4 nitrogen and oxygen atoms in total. The van der Waals surface area contributed by atoms with Gasteiger partial charge in [-0.3, -0.25) is 0 Å². The highest BCUT2D eigenvalue weighted by Gasteiger charge is 2.21. The third-order valence-corrected chi connectivity index (χ3v) is 3.05. The van der Waals surface area contributed by atoms with Gasteiger partial charge in [0, 0.05) is 19.7 Å². The van der Waals surface area contributed by atoms with Gasteiger partial charge in [0.1, 0.15) is 0 Å². The summed E-state index contributed by atoms with van der Waals surface area (Å²) in [5.74, 6) is 1.25. The van der Waals surface area contributed by atoms with Crippen LogP contribution in [-0.2, 0) is 4.74 Å². The van der Waals surface area contributed by atoms with Gasteiger partial charge in [0.25, 0.3) is 0 Å². The maximum atomic E-state index is 11.4. The van der Waals surface area contributed by atoms with Gasteiger partial charge in [-0.15, -0.1) is 0 Å². The summed E-state index contributed by atoms with van der Waals surface area (Å²) >= 11 is 0. The van der Waals surface area contributed by atoms with Gasteiger partial charge < -0.3 is 15.4 Å². The number of hydrogen-bond acceptors (Lipinski definition) is 2. The molecule has 1 atom stereocenters. The van der Waals surface area contributed by atoms with Crippen molar-refractivity contribution >= 4 is 6.03 Å². The Balaban J connectivity index is 1.53. The van der Waals surface area contributed by atoms with Gasteiger partial charge in [0.05, 0.1) is 6.61 Å². The molecule has 1 saturated heterocycles. The maximum Gasteiger partial charge on any atom is 0.314 e. The SMILES string of the molecule is O=C(NCC1CC1)NCC1CCCOC1. The Morgan fingerprint density at radius 3 is 2.47 bits per heavy atom. The quantitative estimate of drug-likeness (QED) is 0.733. The predicted octanol–water partition coefficient (Wildman–Crippen LogP) is 1.12. The van der Waals surface area contributed by atoms with Crippen LogP contribution in [0.25, 0.3) is 0 Å². The molecular weight excluding hydrogens is 192 g/mol. The van der Waals surface area contributed by atoms with Crippen LogP contribution in [-0.4, -0.2) is 32.3 Å². The molecule has 2 N–H and O–H groups in total. The summed E-state index contributed by atoms with van der Waals surface area (Å²) in [4.78, 5) is 11.4. The van der Waals surface area contributed by atoms with Crippen LogP contribution in [0.3, 0.4) is 0 Å². The predicted molar refractivity (Wildman–Crippen MR) is 57.7 cm³/mol. The van der Waals surface area contributed by atoms with E-state index in [2.05, 4.69) is 10.6 Å². The van der Waals surface area contributed by atoms with Gasteiger partial charge in [0.2, 0.25) is 0 Å². The second-order valence-electron chi connectivity index (χ2n) is 4.62. The van der Waals surface area contributed by atoms with Crippen molar-refractivity contribution in [3.05, 3.63) is 0 Å². The highest BCUT2D eigenvalue weighted by Crippen LogP contribution is 2.27. The zero-order valence-electron chi connectivity index (χ0n) is 9.13. The van der Waals surface area contributed by atoms with Gasteiger partial charge in [0.15, 0.2) is 0 Å². The van der Waals surface area contributed by atoms with Crippen LogP contribution in [0.5, 0.6) is 0 Å². The normalized spacial score (nSPS) is 26.0. The number of rotatable bonds is 4. The lowest BCUT2D eigenvalue weighted by molar-refractivity contribution is 0.0557. The maximum absolute atomic E-state index is 11.4. The topological polar surface area (TPSA) is 50.4 Å². The molecule has 2 fully saturated rings. The van der Waals surface area contributed by atoms with E-state index >= 15 is 0 Å². The fraction of sp³-hybridized carbons (Fsp3) is 0.909. The van der Waals surface area contributed by atoms with E-state index in [1.165, 1.54) is 19.3 Å². The highest BCUT2D eigenvalue weighted by atomic mass is 16.5. The van der Waals surface area contributed by atoms with Gasteiger partial charge in [-0.25, -0.2) is 4.79 Å². The van der Waals surface area contributed by atoms with Crippen molar-refractivity contribution in [2.45, 2.75) is 25.7 Å². The molecule has 1 heterocycles. The molecule has 1 saturated carbocycles. The van der Waals surface area contributed by atoms with Crippen LogP contribution in [0.15, 0.2) is 0 Å². The zero-order chi connectivity index (χ0) is 10.5. The summed E-state index contributed by atoms with van der Waals surface area (Å²) < 4.78 is 5.35. The molecule has 0 radical (unpaired) electrons. The summed E-state index contributed by atoms with van der Waals surface area (Å²) in [7, 11) is 0. The zero-order valence-corrected chi connectivity index (χ0v) is 9.13. The standard InChI is InChI=1S/C11H20N2O2/c14-11(12-6-9-3-4-9)13-7-10-2-1-5-15-8-10/h9-10H,1-8H2,(H2,12,13,14). The first-order valence-electron chi connectivity index (χ1n) is 5.94. The lowest BCUT2D eigenvalue weighted by atomic mass is 10.0. The summed E-state index contributed by atoms with van der Waals surface area (Å²) in [6, 6.07) is -0.0209. The molecule has 0 aromatic carbocycles. The monoisotopic (exact) mass is 212 g/mol. The number of hydrogen-bond donors (Lipinski definition) is 2. The van der Waals surface area contributed by atoms with Gasteiger partial charge in [-0.2, -0.15) is 0 Å². The van der Waals surface area contributed by atoms with Crippen molar-refractivity contribution in [1.29, 1.82) is 0 Å². The molecule has 0 spiro atoms. The Morgan fingerprint density at radius 2 is 1.87 bits per heavy atom. The van der Waals surface area contributed by atoms with Crippen LogP contribution in [0.1, 0.15) is 25.7 Å². The second-order valence-corrected chi connectivity index (χ2v) is 4.62. The van der Waals surface area contributed by atoms with Gasteiger partial charge in [-0.1, -0.05) is 0 Å². The molecule has 2 aliphatic rings. The van der Waals surface area contributed by atoms with Crippen molar-refractivity contribution in [3.63, 3.8) is 0 Å². The van der Waals surface area contributed by atoms with Crippen LogP contribution in [0.2, 0.25) is 0 Å². The number of ether oxygens (including phenoxy) is 1. The number of carbonyl (C=O) groups is 1. The molecule has 1 unspecified atom stereocenters. The van der Waals surface area contributed by atoms with E-state index < -0.39 is 0 Å². The highest BCUT2D eigenvalue weighted by molar-refractivity contribution is 5.73. The molecule has 86 valence electrons. The van der Waals surface area contributed by atoms with Gasteiger partial charge >= 0.3 is 6.03 Å². The van der Waals surface area contributed by atoms with Crippen molar-refractivity contribution in [3.8, 4) is 0 Å². The van der Waals surface area contributed by atoms with Crippen LogP contribution in [0.4, 0.5) is 4.79 Å². The lowest BCUT2D eigenvalue weighted by Crippen LogP contribution is -2.40. The summed E-state index contributed by atoms with van der Waals surface area (Å²) in [5, 5.41) is 5.80. The molecule has 1 aliphatic heterocycles. The van der Waals surface area contributed by atoms with E-state index in [-0.39, 0.29) is 6.03 Å². The van der Waals surface area contributed by atoms with Crippen LogP contribution in [0, 0.1) is 11.8 Å². The minimum Gasteiger partial charge on any atom is -0.381 e. The fourth-order valence-corrected chi connectivity index (χ4v) is 1.83. The minimum absolute atomic E-state index is 0.0209. The van der Waals surface area contributed by atoms with E-state index in [0.29, 0.717) is 5.92 Å². The number of nitrogens with one attached hydrogen (secondary N) is 2. The number of amides is 2. The average molecular weight is 212 g/mol. The third-order valence-electron chi connectivity index (χ3n) is 3.05. The fourth-order valence-electron chi connectivity index (χ4n) is 1.83. The Kier molecular flexibility index (Phi) is 3.83. The molecule has 2 amide bonds. The smallest absolute Gasteiger partial charge is 0.314 e. The molecule has 15 heavy (non-hydrogen) atoms. The summed E-state index contributed by atoms with van der Waals surface area (Å²) in [5.41, 5.74) is 0. The lowest BCUT2D eigenvalue weighted by Gasteiger charge is -2.22. The van der Waals surface area contributed by atoms with E-state index in [0.717, 1.165) is 38.6 Å². The Bertz CT molecular complexity index is 211. The van der Waals surface area contributed by atoms with Crippen molar-refractivity contribution in [1.82, 2.24) is 10.6 Å². The average Bonchev–Trinajstić information content (AvgIpc) is 3.09. The van der Waals surface area contributed by atoms with Crippen molar-refractivity contribution < 1.29 is 9.53 Å². The minimum atomic E-state index is -0.0209. The Labute approximate surface area is 90.8 Å². The molecular formula is C11H20N2O2. The van der Waals surface area contributed by atoms with Crippen LogP contribution >= 0.6 is 0 Å². The Hall–Kier alpha value is -0.770. The largest absolute Gasteiger partial charge is 0.381 e. The Morgan fingerprint density at radius 1 is 1.13 bits per heavy atom. The molecule has 0 bridgehead atoms. The van der Waals surface area contributed by atoms with Crippen LogP contribution < -0.4 is 10.6 Å².